The van der Waals surface area contributed by atoms with Gasteiger partial charge < -0.3 is 10.5 Å². The molecule has 3 unspecified atom stereocenters. The monoisotopic (exact) mass is 399 g/mol. The zero-order chi connectivity index (χ0) is 20.4. The average Bonchev–Trinajstić information content (AvgIpc) is 2.92. The predicted octanol–water partition coefficient (Wildman–Crippen LogP) is 2.32. The van der Waals surface area contributed by atoms with Crippen LogP contribution in [0, 0.1) is 5.92 Å². The van der Waals surface area contributed by atoms with Crippen LogP contribution in [0.2, 0.25) is 0 Å². The molecule has 1 aromatic heterocycles. The molecular weight excluding hydrogens is 380 g/mol. The molecule has 29 heavy (non-hydrogen) atoms. The van der Waals surface area contributed by atoms with Gasteiger partial charge in [0.2, 0.25) is 0 Å². The van der Waals surface area contributed by atoms with E-state index < -0.39 is 29.9 Å². The maximum absolute atomic E-state index is 14.1. The van der Waals surface area contributed by atoms with Crippen molar-refractivity contribution in [2.24, 2.45) is 16.6 Å². The molecule has 3 heterocycles. The third kappa shape index (κ3) is 2.53. The van der Waals surface area contributed by atoms with Crippen LogP contribution in [0.4, 0.5) is 8.78 Å². The van der Waals surface area contributed by atoms with Gasteiger partial charge in [0.15, 0.2) is 11.5 Å². The Morgan fingerprint density at radius 2 is 2.00 bits per heavy atom. The quantitative estimate of drug-likeness (QED) is 0.794. The number of carbonyl (C=O) groups is 1. The molecule has 7 nitrogen and oxygen atoms in total. The van der Waals surface area contributed by atoms with Gasteiger partial charge in [-0.3, -0.25) is 9.69 Å². The van der Waals surface area contributed by atoms with Crippen LogP contribution in [0.25, 0.3) is 11.1 Å². The fourth-order valence-corrected chi connectivity index (χ4v) is 4.69. The summed E-state index contributed by atoms with van der Waals surface area (Å²) in [5.74, 6) is -3.21. The molecular formula is C20H19F2N5O2. The van der Waals surface area contributed by atoms with Crippen LogP contribution in [-0.2, 0) is 10.3 Å². The predicted molar refractivity (Wildman–Crippen MR) is 100 cm³/mol. The topological polar surface area (TPSA) is 93.7 Å². The van der Waals surface area contributed by atoms with Crippen LogP contribution in [0.15, 0.2) is 41.9 Å². The third-order valence-electron chi connectivity index (χ3n) is 6.13. The summed E-state index contributed by atoms with van der Waals surface area (Å²) < 4.78 is 34.2. The van der Waals surface area contributed by atoms with Gasteiger partial charge in [0.1, 0.15) is 18.2 Å². The molecule has 2 aromatic rings. The molecule has 5 rings (SSSR count). The van der Waals surface area contributed by atoms with Gasteiger partial charge in [-0.1, -0.05) is 6.07 Å². The number of guanidine groups is 1. The van der Waals surface area contributed by atoms with Gasteiger partial charge in [0.05, 0.1) is 0 Å². The number of ether oxygens (including phenoxy) is 1. The van der Waals surface area contributed by atoms with E-state index in [4.69, 9.17) is 10.5 Å². The van der Waals surface area contributed by atoms with E-state index in [0.717, 1.165) is 11.1 Å². The van der Waals surface area contributed by atoms with Crippen LogP contribution >= 0.6 is 0 Å². The molecule has 0 saturated heterocycles. The number of nitrogens with two attached hydrogens (primary N) is 1. The molecule has 2 N–H and O–H groups in total. The van der Waals surface area contributed by atoms with E-state index >= 15 is 0 Å². The molecule has 1 spiro atoms. The molecule has 2 aliphatic heterocycles. The Morgan fingerprint density at radius 3 is 2.69 bits per heavy atom. The van der Waals surface area contributed by atoms with Crippen molar-refractivity contribution in [3.05, 3.63) is 42.5 Å². The maximum Gasteiger partial charge on any atom is 0.262 e. The van der Waals surface area contributed by atoms with E-state index in [0.29, 0.717) is 11.3 Å². The van der Waals surface area contributed by atoms with Gasteiger partial charge >= 0.3 is 0 Å². The van der Waals surface area contributed by atoms with Crippen molar-refractivity contribution in [1.82, 2.24) is 14.9 Å². The zero-order valence-electron chi connectivity index (χ0n) is 15.7. The first-order valence-electron chi connectivity index (χ1n) is 9.40. The molecule has 0 bridgehead atoms. The molecule has 150 valence electrons. The number of alkyl halides is 2. The van der Waals surface area contributed by atoms with Crippen molar-refractivity contribution < 1.29 is 18.3 Å². The average molecular weight is 399 g/mol. The number of rotatable bonds is 1. The van der Waals surface area contributed by atoms with E-state index in [2.05, 4.69) is 15.0 Å². The molecule has 1 aromatic carbocycles. The minimum atomic E-state index is -2.83. The number of aliphatic imine (C=N–C) groups is 1. The zero-order valence-corrected chi connectivity index (χ0v) is 15.7. The van der Waals surface area contributed by atoms with Gasteiger partial charge in [0.25, 0.3) is 11.8 Å². The van der Waals surface area contributed by atoms with Gasteiger partial charge in [-0.15, -0.1) is 0 Å². The number of likely N-dealkylation sites (N-methyl/N-ethyl adjacent to an activating group) is 1. The Balaban J connectivity index is 1.71. The summed E-state index contributed by atoms with van der Waals surface area (Å²) in [6.45, 7) is 0. The SMILES string of the molecule is CN1C(=O)C2(N=C1N)c1cc(-c3cncnc3)ccc1OC1CC(F)(F)CCC12. The molecule has 1 fully saturated rings. The van der Waals surface area contributed by atoms with E-state index in [1.54, 1.807) is 31.6 Å². The summed E-state index contributed by atoms with van der Waals surface area (Å²) in [4.78, 5) is 27.3. The van der Waals surface area contributed by atoms with E-state index in [1.807, 2.05) is 6.07 Å². The van der Waals surface area contributed by atoms with Crippen LogP contribution in [-0.4, -0.2) is 45.8 Å². The lowest BCUT2D eigenvalue weighted by atomic mass is 9.66. The first-order valence-corrected chi connectivity index (χ1v) is 9.40. The number of hydrogen-bond donors (Lipinski definition) is 1. The first kappa shape index (κ1) is 18.0. The Kier molecular flexibility index (Phi) is 3.68. The summed E-state index contributed by atoms with van der Waals surface area (Å²) in [5, 5.41) is 0. The lowest BCUT2D eigenvalue weighted by Crippen LogP contribution is -2.56. The minimum Gasteiger partial charge on any atom is -0.489 e. The Hall–Kier alpha value is -3.10. The number of hydrogen-bond acceptors (Lipinski definition) is 6. The largest absolute Gasteiger partial charge is 0.489 e. The second-order valence-corrected chi connectivity index (χ2v) is 7.80. The Morgan fingerprint density at radius 1 is 1.24 bits per heavy atom. The second kappa shape index (κ2) is 5.95. The van der Waals surface area contributed by atoms with Gasteiger partial charge in [-0.25, -0.2) is 23.7 Å². The molecule has 1 aliphatic carbocycles. The highest BCUT2D eigenvalue weighted by molar-refractivity contribution is 6.07. The molecule has 0 radical (unpaired) electrons. The normalized spacial score (nSPS) is 29.8. The fraction of sp³-hybridized carbons (Fsp3) is 0.400. The number of carbonyl (C=O) groups excluding carboxylic acids is 1. The van der Waals surface area contributed by atoms with Crippen molar-refractivity contribution >= 4 is 11.9 Å². The van der Waals surface area contributed by atoms with Crippen LogP contribution in [0.1, 0.15) is 24.8 Å². The number of benzene rings is 1. The number of aromatic nitrogens is 2. The van der Waals surface area contributed by atoms with Crippen molar-refractivity contribution in [3.63, 3.8) is 0 Å². The number of amides is 1. The van der Waals surface area contributed by atoms with E-state index in [9.17, 15) is 13.6 Å². The van der Waals surface area contributed by atoms with Crippen molar-refractivity contribution in [3.8, 4) is 16.9 Å². The lowest BCUT2D eigenvalue weighted by Gasteiger charge is -2.47. The van der Waals surface area contributed by atoms with Crippen LogP contribution < -0.4 is 10.5 Å². The number of nitrogens with zero attached hydrogens (tertiary/aromatic N) is 4. The molecule has 3 atom stereocenters. The van der Waals surface area contributed by atoms with Crippen LogP contribution in [0.5, 0.6) is 5.75 Å². The van der Waals surface area contributed by atoms with Crippen molar-refractivity contribution in [2.45, 2.75) is 36.8 Å². The van der Waals surface area contributed by atoms with E-state index in [1.165, 1.54) is 11.2 Å². The standard InChI is InChI=1S/C20H19F2N5O2/c1-27-17(28)20(26-18(27)23)13-4-5-19(21,22)7-16(13)29-15-3-2-11(6-14(15)20)12-8-24-10-25-9-12/h2-3,6,8-10,13,16H,4-5,7H2,1H3,(H2,23,26). The number of halogens is 2. The highest BCUT2D eigenvalue weighted by Gasteiger charge is 2.62. The summed E-state index contributed by atoms with van der Waals surface area (Å²) in [6, 6.07) is 5.30. The smallest absolute Gasteiger partial charge is 0.262 e. The lowest BCUT2D eigenvalue weighted by molar-refractivity contribution is -0.145. The molecule has 9 heteroatoms. The van der Waals surface area contributed by atoms with Gasteiger partial charge in [-0.2, -0.15) is 0 Å². The summed E-state index contributed by atoms with van der Waals surface area (Å²) in [7, 11) is 1.55. The van der Waals surface area contributed by atoms with Crippen LogP contribution in [0.3, 0.4) is 0 Å². The highest BCUT2D eigenvalue weighted by Crippen LogP contribution is 2.55. The fourth-order valence-electron chi connectivity index (χ4n) is 4.69. The molecule has 3 aliphatic rings. The summed E-state index contributed by atoms with van der Waals surface area (Å²) in [5.41, 5.74) is 6.73. The first-order chi connectivity index (χ1) is 13.8. The second-order valence-electron chi connectivity index (χ2n) is 7.80. The highest BCUT2D eigenvalue weighted by atomic mass is 19.3. The van der Waals surface area contributed by atoms with Gasteiger partial charge in [-0.05, 0) is 24.1 Å². The third-order valence-corrected chi connectivity index (χ3v) is 6.13. The Bertz CT molecular complexity index is 1030. The minimum absolute atomic E-state index is 0.0763. The molecule has 1 amide bonds. The van der Waals surface area contributed by atoms with E-state index in [-0.39, 0.29) is 24.7 Å². The van der Waals surface area contributed by atoms with Crippen molar-refractivity contribution in [1.29, 1.82) is 0 Å². The Labute approximate surface area is 165 Å². The maximum atomic E-state index is 14.1. The van der Waals surface area contributed by atoms with Gasteiger partial charge in [0, 0.05) is 49.3 Å². The van der Waals surface area contributed by atoms with Crippen molar-refractivity contribution in [2.75, 3.05) is 7.05 Å². The number of fused-ring (bicyclic) bond motifs is 4. The summed E-state index contributed by atoms with van der Waals surface area (Å²) >= 11 is 0. The molecule has 1 saturated carbocycles. The summed E-state index contributed by atoms with van der Waals surface area (Å²) in [6.07, 6.45) is 3.30.